The van der Waals surface area contributed by atoms with Crippen molar-refractivity contribution in [3.63, 3.8) is 0 Å². The predicted molar refractivity (Wildman–Crippen MR) is 127 cm³/mol. The van der Waals surface area contributed by atoms with Crippen molar-refractivity contribution in [2.24, 2.45) is 5.92 Å². The second kappa shape index (κ2) is 10.2. The van der Waals surface area contributed by atoms with Crippen LogP contribution in [-0.2, 0) is 14.3 Å². The Morgan fingerprint density at radius 1 is 1.00 bits per heavy atom. The summed E-state index contributed by atoms with van der Waals surface area (Å²) >= 11 is 0. The normalized spacial score (nSPS) is 17.3. The number of amides is 2. The van der Waals surface area contributed by atoms with Crippen LogP contribution in [0.25, 0.3) is 5.57 Å². The molecule has 0 aromatic heterocycles. The van der Waals surface area contributed by atoms with Crippen molar-refractivity contribution in [3.8, 4) is 0 Å². The molecule has 33 heavy (non-hydrogen) atoms. The Morgan fingerprint density at radius 2 is 1.67 bits per heavy atom. The molecular formula is C26H30FN3O3. The van der Waals surface area contributed by atoms with E-state index in [0.717, 1.165) is 30.4 Å². The summed E-state index contributed by atoms with van der Waals surface area (Å²) in [6.45, 7) is 5.07. The van der Waals surface area contributed by atoms with Gasteiger partial charge >= 0.3 is 0 Å². The van der Waals surface area contributed by atoms with Crippen LogP contribution in [-0.4, -0.2) is 50.1 Å². The molecule has 0 radical (unpaired) electrons. The van der Waals surface area contributed by atoms with Crippen molar-refractivity contribution in [1.82, 2.24) is 4.90 Å². The van der Waals surface area contributed by atoms with Crippen LogP contribution in [0.2, 0.25) is 0 Å². The first kappa shape index (κ1) is 23.0. The summed E-state index contributed by atoms with van der Waals surface area (Å²) in [7, 11) is 1.58. The van der Waals surface area contributed by atoms with Crippen LogP contribution in [0.5, 0.6) is 0 Å². The number of halogens is 1. The number of imide groups is 1. The maximum atomic E-state index is 13.5. The Bertz CT molecular complexity index is 1030. The third-order valence-electron chi connectivity index (χ3n) is 6.32. The number of hydrogen-bond donors (Lipinski definition) is 1. The highest BCUT2D eigenvalue weighted by molar-refractivity contribution is 6.36. The summed E-state index contributed by atoms with van der Waals surface area (Å²) in [5.41, 5.74) is 2.84. The third-order valence-corrected chi connectivity index (χ3v) is 6.32. The standard InChI is InChI=1S/C26H30FN3O3/c1-18-12-15-29(16-13-18)22-10-8-21(9-11-22)28-24-23(19-4-6-20(27)7-5-19)25(31)30(26(24)32)14-3-17-33-2/h4-11,18,28H,3,12-17H2,1-2H3. The SMILES string of the molecule is COCCCN1C(=O)C(Nc2ccc(N3CCC(C)CC3)cc2)=C(c2ccc(F)cc2)C1=O. The first-order valence-corrected chi connectivity index (χ1v) is 11.5. The highest BCUT2D eigenvalue weighted by atomic mass is 19.1. The molecule has 2 aliphatic rings. The number of anilines is 2. The molecule has 0 atom stereocenters. The van der Waals surface area contributed by atoms with E-state index in [0.29, 0.717) is 18.6 Å². The molecule has 2 aromatic rings. The highest BCUT2D eigenvalue weighted by Gasteiger charge is 2.38. The monoisotopic (exact) mass is 451 g/mol. The molecule has 2 heterocycles. The van der Waals surface area contributed by atoms with Crippen LogP contribution in [0.1, 0.15) is 31.7 Å². The Hall–Kier alpha value is -3.19. The van der Waals surface area contributed by atoms with Crippen LogP contribution in [0.3, 0.4) is 0 Å². The molecule has 174 valence electrons. The van der Waals surface area contributed by atoms with Crippen molar-refractivity contribution < 1.29 is 18.7 Å². The van der Waals surface area contributed by atoms with Crippen LogP contribution >= 0.6 is 0 Å². The fourth-order valence-corrected chi connectivity index (χ4v) is 4.31. The van der Waals surface area contributed by atoms with Crippen molar-refractivity contribution in [2.75, 3.05) is 43.6 Å². The van der Waals surface area contributed by atoms with Gasteiger partial charge in [0.25, 0.3) is 11.8 Å². The lowest BCUT2D eigenvalue weighted by Gasteiger charge is -2.32. The van der Waals surface area contributed by atoms with E-state index in [1.165, 1.54) is 42.0 Å². The van der Waals surface area contributed by atoms with Crippen LogP contribution in [0.4, 0.5) is 15.8 Å². The maximum absolute atomic E-state index is 13.5. The van der Waals surface area contributed by atoms with Crippen molar-refractivity contribution in [2.45, 2.75) is 26.2 Å². The number of carbonyl (C=O) groups excluding carboxylic acids is 2. The molecule has 6 nitrogen and oxygen atoms in total. The zero-order valence-corrected chi connectivity index (χ0v) is 19.1. The number of rotatable bonds is 8. The molecule has 1 saturated heterocycles. The van der Waals surface area contributed by atoms with Crippen molar-refractivity contribution >= 4 is 28.8 Å². The Labute approximate surface area is 194 Å². The first-order valence-electron chi connectivity index (χ1n) is 11.5. The molecule has 4 rings (SSSR count). The van der Waals surface area contributed by atoms with Gasteiger partial charge in [-0.25, -0.2) is 4.39 Å². The number of hydrogen-bond acceptors (Lipinski definition) is 5. The van der Waals surface area contributed by atoms with Gasteiger partial charge in [-0.2, -0.15) is 0 Å². The largest absolute Gasteiger partial charge is 0.385 e. The fraction of sp³-hybridized carbons (Fsp3) is 0.385. The molecule has 7 heteroatoms. The molecule has 0 saturated carbocycles. The van der Waals surface area contributed by atoms with Gasteiger partial charge in [-0.3, -0.25) is 14.5 Å². The van der Waals surface area contributed by atoms with Crippen molar-refractivity contribution in [1.29, 1.82) is 0 Å². The van der Waals surface area contributed by atoms with Crippen molar-refractivity contribution in [3.05, 3.63) is 65.6 Å². The summed E-state index contributed by atoms with van der Waals surface area (Å²) in [6.07, 6.45) is 2.91. The molecule has 0 unspecified atom stereocenters. The lowest BCUT2D eigenvalue weighted by Crippen LogP contribution is -2.34. The summed E-state index contributed by atoms with van der Waals surface area (Å²) in [5.74, 6) is -0.407. The van der Waals surface area contributed by atoms with Gasteiger partial charge < -0.3 is 15.0 Å². The maximum Gasteiger partial charge on any atom is 0.278 e. The number of piperidine rings is 1. The third kappa shape index (κ3) is 5.09. The molecule has 2 amide bonds. The lowest BCUT2D eigenvalue weighted by molar-refractivity contribution is -0.136. The minimum absolute atomic E-state index is 0.212. The van der Waals surface area contributed by atoms with E-state index in [1.54, 1.807) is 7.11 Å². The summed E-state index contributed by atoms with van der Waals surface area (Å²) < 4.78 is 18.5. The minimum atomic E-state index is -0.398. The van der Waals surface area contributed by atoms with Gasteiger partial charge in [0.2, 0.25) is 0 Å². The molecule has 1 fully saturated rings. The number of ether oxygens (including phenoxy) is 1. The minimum Gasteiger partial charge on any atom is -0.385 e. The van der Waals surface area contributed by atoms with Crippen LogP contribution < -0.4 is 10.2 Å². The number of nitrogens with zero attached hydrogens (tertiary/aromatic N) is 2. The van der Waals surface area contributed by atoms with Gasteiger partial charge in [-0.1, -0.05) is 19.1 Å². The Balaban J connectivity index is 1.58. The average molecular weight is 452 g/mol. The van der Waals surface area contributed by atoms with E-state index in [4.69, 9.17) is 4.74 Å². The van der Waals surface area contributed by atoms with E-state index >= 15 is 0 Å². The molecule has 2 aromatic carbocycles. The van der Waals surface area contributed by atoms with Gasteiger partial charge in [0.05, 0.1) is 5.57 Å². The molecule has 0 bridgehead atoms. The molecule has 1 N–H and O–H groups in total. The second-order valence-electron chi connectivity index (χ2n) is 8.71. The number of benzene rings is 2. The molecule has 0 spiro atoms. The van der Waals surface area contributed by atoms with Gasteiger partial charge in [0.15, 0.2) is 0 Å². The molecule has 0 aliphatic carbocycles. The van der Waals surface area contributed by atoms with Gasteiger partial charge in [0.1, 0.15) is 11.5 Å². The zero-order chi connectivity index (χ0) is 23.4. The van der Waals surface area contributed by atoms with Crippen LogP contribution in [0, 0.1) is 11.7 Å². The fourth-order valence-electron chi connectivity index (χ4n) is 4.31. The Morgan fingerprint density at radius 3 is 2.30 bits per heavy atom. The van der Waals surface area contributed by atoms with E-state index in [9.17, 15) is 14.0 Å². The van der Waals surface area contributed by atoms with E-state index < -0.39 is 5.82 Å². The number of methoxy groups -OCH3 is 1. The van der Waals surface area contributed by atoms with E-state index in [2.05, 4.69) is 17.1 Å². The van der Waals surface area contributed by atoms with Gasteiger partial charge in [0, 0.05) is 44.7 Å². The lowest BCUT2D eigenvalue weighted by atomic mass is 9.99. The highest BCUT2D eigenvalue weighted by Crippen LogP contribution is 2.31. The first-order chi connectivity index (χ1) is 16.0. The quantitative estimate of drug-likeness (QED) is 0.479. The van der Waals surface area contributed by atoms with Gasteiger partial charge in [-0.15, -0.1) is 0 Å². The predicted octanol–water partition coefficient (Wildman–Crippen LogP) is 4.29. The Kier molecular flexibility index (Phi) is 7.08. The van der Waals surface area contributed by atoms with E-state index in [-0.39, 0.29) is 29.6 Å². The zero-order valence-electron chi connectivity index (χ0n) is 19.1. The van der Waals surface area contributed by atoms with Crippen LogP contribution in [0.15, 0.2) is 54.2 Å². The second-order valence-corrected chi connectivity index (χ2v) is 8.71. The number of carbonyl (C=O) groups is 2. The molecular weight excluding hydrogens is 421 g/mol. The average Bonchev–Trinajstić information content (AvgIpc) is 3.05. The molecule has 2 aliphatic heterocycles. The summed E-state index contributed by atoms with van der Waals surface area (Å²) in [4.78, 5) is 29.9. The van der Waals surface area contributed by atoms with E-state index in [1.807, 2.05) is 24.3 Å². The smallest absolute Gasteiger partial charge is 0.278 e. The topological polar surface area (TPSA) is 61.9 Å². The number of nitrogens with one attached hydrogen (secondary N) is 1. The van der Waals surface area contributed by atoms with Gasteiger partial charge in [-0.05, 0) is 67.1 Å². The summed E-state index contributed by atoms with van der Waals surface area (Å²) in [6, 6.07) is 13.6. The summed E-state index contributed by atoms with van der Waals surface area (Å²) in [5, 5.41) is 3.17.